The number of nitrogens with zero attached hydrogens (tertiary/aromatic N) is 3. The van der Waals surface area contributed by atoms with Gasteiger partial charge in [0, 0.05) is 35.9 Å². The Hall–Kier alpha value is -3.48. The first-order valence-electron chi connectivity index (χ1n) is 12.0. The zero-order valence-corrected chi connectivity index (χ0v) is 20.4. The number of carbonyl (C=O) groups is 2. The van der Waals surface area contributed by atoms with Crippen molar-refractivity contribution in [2.45, 2.75) is 58.9 Å². The predicted octanol–water partition coefficient (Wildman–Crippen LogP) is 4.72. The summed E-state index contributed by atoms with van der Waals surface area (Å²) in [5.74, 6) is -0.313. The fourth-order valence-electron chi connectivity index (χ4n) is 4.88. The lowest BCUT2D eigenvalue weighted by Crippen LogP contribution is -2.49. The number of nitrogens with one attached hydrogen (secondary N) is 2. The number of hydrogen-bond donors (Lipinski definition) is 2. The number of benzene rings is 1. The summed E-state index contributed by atoms with van der Waals surface area (Å²) in [7, 11) is 1.80. The number of amides is 2. The van der Waals surface area contributed by atoms with E-state index in [-0.39, 0.29) is 17.7 Å². The minimum Gasteiger partial charge on any atom is -0.340 e. The van der Waals surface area contributed by atoms with E-state index in [1.54, 1.807) is 17.9 Å². The van der Waals surface area contributed by atoms with Crippen molar-refractivity contribution in [2.75, 3.05) is 5.32 Å². The topological polar surface area (TPSA) is 88.9 Å². The van der Waals surface area contributed by atoms with Crippen molar-refractivity contribution in [1.82, 2.24) is 20.1 Å². The Morgan fingerprint density at radius 2 is 1.74 bits per heavy atom. The van der Waals surface area contributed by atoms with E-state index in [2.05, 4.69) is 27.6 Å². The summed E-state index contributed by atoms with van der Waals surface area (Å²) in [6, 6.07) is 9.22. The minimum absolute atomic E-state index is 0.120. The molecule has 1 saturated carbocycles. The van der Waals surface area contributed by atoms with Gasteiger partial charge in [-0.25, -0.2) is 0 Å². The highest BCUT2D eigenvalue weighted by molar-refractivity contribution is 6.01. The molecule has 178 valence electrons. The molecule has 1 aliphatic carbocycles. The SMILES string of the molecule is Cc1ccnc(C)c1-c1ccc(NC(=O)[C@@H](NC(=O)c2cnn(C)c2C)C2CCCCC2)cc1. The maximum absolute atomic E-state index is 13.4. The van der Waals surface area contributed by atoms with Gasteiger partial charge in [-0.15, -0.1) is 0 Å². The van der Waals surface area contributed by atoms with Crippen LogP contribution in [0, 0.1) is 26.7 Å². The van der Waals surface area contributed by atoms with Crippen LogP contribution in [0.1, 0.15) is 59.4 Å². The Bertz CT molecular complexity index is 1160. The lowest BCUT2D eigenvalue weighted by molar-refractivity contribution is -0.119. The van der Waals surface area contributed by atoms with Gasteiger partial charge in [-0.2, -0.15) is 5.10 Å². The molecular formula is C27H33N5O2. The summed E-state index contributed by atoms with van der Waals surface area (Å²) in [5, 5.41) is 10.2. The van der Waals surface area contributed by atoms with Crippen molar-refractivity contribution in [2.24, 2.45) is 13.0 Å². The van der Waals surface area contributed by atoms with Crippen LogP contribution >= 0.6 is 0 Å². The maximum atomic E-state index is 13.4. The number of hydrogen-bond acceptors (Lipinski definition) is 4. The van der Waals surface area contributed by atoms with Crippen LogP contribution in [0.15, 0.2) is 42.7 Å². The van der Waals surface area contributed by atoms with E-state index in [4.69, 9.17) is 0 Å². The Balaban J connectivity index is 1.52. The summed E-state index contributed by atoms with van der Waals surface area (Å²) < 4.78 is 1.66. The molecule has 0 saturated heterocycles. The van der Waals surface area contributed by atoms with Crippen molar-refractivity contribution in [3.8, 4) is 11.1 Å². The van der Waals surface area contributed by atoms with Crippen LogP contribution in [-0.4, -0.2) is 32.6 Å². The van der Waals surface area contributed by atoms with Crippen LogP contribution in [0.2, 0.25) is 0 Å². The molecular weight excluding hydrogens is 426 g/mol. The molecule has 0 bridgehead atoms. The quantitative estimate of drug-likeness (QED) is 0.558. The number of anilines is 1. The molecule has 2 N–H and O–H groups in total. The van der Waals surface area contributed by atoms with Crippen molar-refractivity contribution >= 4 is 17.5 Å². The van der Waals surface area contributed by atoms with Crippen molar-refractivity contribution in [3.05, 3.63) is 65.2 Å². The number of aryl methyl sites for hydroxylation is 3. The molecule has 2 aromatic heterocycles. The third-order valence-electron chi connectivity index (χ3n) is 6.96. The highest BCUT2D eigenvalue weighted by atomic mass is 16.2. The Morgan fingerprint density at radius 1 is 1.03 bits per heavy atom. The van der Waals surface area contributed by atoms with Crippen LogP contribution in [0.3, 0.4) is 0 Å². The Morgan fingerprint density at radius 3 is 2.35 bits per heavy atom. The average molecular weight is 460 g/mol. The normalized spacial score (nSPS) is 15.1. The third-order valence-corrected chi connectivity index (χ3v) is 6.96. The summed E-state index contributed by atoms with van der Waals surface area (Å²) in [4.78, 5) is 30.8. The molecule has 1 atom stereocenters. The van der Waals surface area contributed by atoms with Gasteiger partial charge in [0.25, 0.3) is 5.91 Å². The van der Waals surface area contributed by atoms with E-state index >= 15 is 0 Å². The van der Waals surface area contributed by atoms with Crippen LogP contribution in [0.5, 0.6) is 0 Å². The van der Waals surface area contributed by atoms with E-state index < -0.39 is 6.04 Å². The number of aromatic nitrogens is 3. The summed E-state index contributed by atoms with van der Waals surface area (Å²) in [6.07, 6.45) is 8.57. The predicted molar refractivity (Wildman–Crippen MR) is 134 cm³/mol. The van der Waals surface area contributed by atoms with Gasteiger partial charge < -0.3 is 10.6 Å². The monoisotopic (exact) mass is 459 g/mol. The molecule has 1 fully saturated rings. The molecule has 0 spiro atoms. The highest BCUT2D eigenvalue weighted by Gasteiger charge is 2.32. The largest absolute Gasteiger partial charge is 0.340 e. The zero-order chi connectivity index (χ0) is 24.2. The lowest BCUT2D eigenvalue weighted by Gasteiger charge is -2.30. The van der Waals surface area contributed by atoms with Crippen LogP contribution < -0.4 is 10.6 Å². The van der Waals surface area contributed by atoms with Gasteiger partial charge >= 0.3 is 0 Å². The standard InChI is InChI=1S/C27H33N5O2/c1-17-14-15-28-18(2)24(17)20-10-12-22(13-11-20)30-27(34)25(21-8-6-5-7-9-21)31-26(33)23-16-29-32(4)19(23)3/h10-16,21,25H,5-9H2,1-4H3,(H,30,34)(H,31,33)/t25-/m0/s1. The van der Waals surface area contributed by atoms with Gasteiger partial charge in [0.2, 0.25) is 5.91 Å². The Kier molecular flexibility index (Phi) is 7.10. The zero-order valence-electron chi connectivity index (χ0n) is 20.4. The fraction of sp³-hybridized carbons (Fsp3) is 0.407. The second-order valence-electron chi connectivity index (χ2n) is 9.27. The molecule has 1 aromatic carbocycles. The summed E-state index contributed by atoms with van der Waals surface area (Å²) in [5.41, 5.74) is 6.29. The molecule has 2 heterocycles. The van der Waals surface area contributed by atoms with Gasteiger partial charge in [-0.3, -0.25) is 19.3 Å². The number of pyridine rings is 1. The summed E-state index contributed by atoms with van der Waals surface area (Å²) in [6.45, 7) is 5.92. The molecule has 0 unspecified atom stereocenters. The molecule has 0 radical (unpaired) electrons. The minimum atomic E-state index is -0.588. The van der Waals surface area contributed by atoms with Crippen LogP contribution in [0.25, 0.3) is 11.1 Å². The highest BCUT2D eigenvalue weighted by Crippen LogP contribution is 2.29. The van der Waals surface area contributed by atoms with Gasteiger partial charge in [-0.1, -0.05) is 31.4 Å². The van der Waals surface area contributed by atoms with Gasteiger partial charge in [0.15, 0.2) is 0 Å². The molecule has 2 amide bonds. The second-order valence-corrected chi connectivity index (χ2v) is 9.27. The number of carbonyl (C=O) groups excluding carboxylic acids is 2. The van der Waals surface area contributed by atoms with Crippen molar-refractivity contribution in [3.63, 3.8) is 0 Å². The average Bonchev–Trinajstić information content (AvgIpc) is 3.17. The first kappa shape index (κ1) is 23.7. The van der Waals surface area contributed by atoms with Crippen molar-refractivity contribution < 1.29 is 9.59 Å². The molecule has 1 aliphatic rings. The molecule has 7 nitrogen and oxygen atoms in total. The molecule has 34 heavy (non-hydrogen) atoms. The van der Waals surface area contributed by atoms with Gasteiger partial charge in [-0.05, 0) is 68.9 Å². The van der Waals surface area contributed by atoms with E-state index in [0.717, 1.165) is 53.8 Å². The first-order valence-corrected chi connectivity index (χ1v) is 12.0. The van der Waals surface area contributed by atoms with Crippen LogP contribution in [0.4, 0.5) is 5.69 Å². The molecule has 3 aromatic rings. The van der Waals surface area contributed by atoms with Crippen molar-refractivity contribution in [1.29, 1.82) is 0 Å². The summed E-state index contributed by atoms with van der Waals surface area (Å²) >= 11 is 0. The lowest BCUT2D eigenvalue weighted by atomic mass is 9.83. The fourth-order valence-corrected chi connectivity index (χ4v) is 4.88. The molecule has 4 rings (SSSR count). The second kappa shape index (κ2) is 10.2. The maximum Gasteiger partial charge on any atom is 0.255 e. The smallest absolute Gasteiger partial charge is 0.255 e. The first-order chi connectivity index (χ1) is 16.3. The van der Waals surface area contributed by atoms with Crippen LogP contribution in [-0.2, 0) is 11.8 Å². The van der Waals surface area contributed by atoms with E-state index in [9.17, 15) is 9.59 Å². The van der Waals surface area contributed by atoms with Gasteiger partial charge in [0.05, 0.1) is 11.8 Å². The number of rotatable bonds is 6. The Labute approximate surface area is 201 Å². The third kappa shape index (κ3) is 5.03. The molecule has 0 aliphatic heterocycles. The van der Waals surface area contributed by atoms with E-state index in [1.807, 2.05) is 50.4 Å². The van der Waals surface area contributed by atoms with E-state index in [0.29, 0.717) is 11.3 Å². The van der Waals surface area contributed by atoms with Gasteiger partial charge in [0.1, 0.15) is 6.04 Å². The van der Waals surface area contributed by atoms with E-state index in [1.165, 1.54) is 6.42 Å². The molecule has 7 heteroatoms.